The minimum Gasteiger partial charge on any atom is -0.372 e. The molecule has 2 aliphatic rings. The molecular weight excluding hydrogens is 396 g/mol. The number of para-hydroxylation sites is 1. The molecule has 2 amide bonds. The molecule has 0 aliphatic carbocycles. The molecule has 0 aromatic heterocycles. The van der Waals surface area contributed by atoms with Crippen LogP contribution in [0.4, 0.5) is 11.4 Å². The maximum atomic E-state index is 13.6. The van der Waals surface area contributed by atoms with Crippen molar-refractivity contribution in [2.45, 2.75) is 26.2 Å². The van der Waals surface area contributed by atoms with E-state index >= 15 is 0 Å². The van der Waals surface area contributed by atoms with E-state index in [1.54, 1.807) is 6.07 Å². The number of piperidine rings is 1. The summed E-state index contributed by atoms with van der Waals surface area (Å²) in [7, 11) is 0. The summed E-state index contributed by atoms with van der Waals surface area (Å²) in [6.07, 6.45) is 5.68. The normalized spacial score (nSPS) is 17.6. The van der Waals surface area contributed by atoms with Crippen LogP contribution in [0.1, 0.15) is 46.3 Å². The number of carbonyl (C=O) groups excluding carboxylic acids is 2. The van der Waals surface area contributed by atoms with Crippen LogP contribution in [-0.4, -0.2) is 24.9 Å². The number of imide groups is 1. The van der Waals surface area contributed by atoms with E-state index in [0.29, 0.717) is 22.4 Å². The van der Waals surface area contributed by atoms with Crippen LogP contribution in [0.15, 0.2) is 72.8 Å². The Morgan fingerprint density at radius 1 is 0.719 bits per heavy atom. The number of benzene rings is 3. The van der Waals surface area contributed by atoms with E-state index in [1.165, 1.54) is 29.8 Å². The number of hydrogen-bond donors (Lipinski definition) is 0. The number of aryl methyl sites for hydroxylation is 1. The fourth-order valence-electron chi connectivity index (χ4n) is 4.63. The lowest BCUT2D eigenvalue weighted by Crippen LogP contribution is -2.42. The topological polar surface area (TPSA) is 40.6 Å². The van der Waals surface area contributed by atoms with Crippen molar-refractivity contribution < 1.29 is 9.59 Å². The Labute approximate surface area is 188 Å². The summed E-state index contributed by atoms with van der Waals surface area (Å²) in [5.41, 5.74) is 5.46. The van der Waals surface area contributed by atoms with Crippen LogP contribution in [0.5, 0.6) is 0 Å². The lowest BCUT2D eigenvalue weighted by Gasteiger charge is -2.30. The molecule has 160 valence electrons. The molecule has 0 radical (unpaired) electrons. The van der Waals surface area contributed by atoms with Crippen LogP contribution in [0.25, 0.3) is 11.6 Å². The van der Waals surface area contributed by atoms with Gasteiger partial charge in [0.15, 0.2) is 0 Å². The molecule has 2 aliphatic heterocycles. The van der Waals surface area contributed by atoms with E-state index in [-0.39, 0.29) is 11.8 Å². The molecule has 2 heterocycles. The summed E-state index contributed by atoms with van der Waals surface area (Å²) < 4.78 is 0. The Hall–Kier alpha value is -3.66. The molecule has 0 bridgehead atoms. The van der Waals surface area contributed by atoms with Crippen molar-refractivity contribution in [3.05, 3.63) is 95.1 Å². The second kappa shape index (κ2) is 8.46. The molecule has 0 N–H and O–H groups in total. The van der Waals surface area contributed by atoms with Gasteiger partial charge in [0.25, 0.3) is 11.8 Å². The fourth-order valence-corrected chi connectivity index (χ4v) is 4.63. The number of hydrogen-bond acceptors (Lipinski definition) is 3. The van der Waals surface area contributed by atoms with Gasteiger partial charge in [-0.3, -0.25) is 9.59 Å². The van der Waals surface area contributed by atoms with Gasteiger partial charge in [0.1, 0.15) is 0 Å². The Morgan fingerprint density at radius 3 is 2.09 bits per heavy atom. The highest BCUT2D eigenvalue weighted by Crippen LogP contribution is 2.34. The van der Waals surface area contributed by atoms with Gasteiger partial charge in [0, 0.05) is 29.9 Å². The van der Waals surface area contributed by atoms with E-state index < -0.39 is 0 Å². The van der Waals surface area contributed by atoms with E-state index in [1.807, 2.05) is 55.5 Å². The van der Waals surface area contributed by atoms with Crippen LogP contribution in [0.2, 0.25) is 0 Å². The maximum absolute atomic E-state index is 13.6. The van der Waals surface area contributed by atoms with E-state index in [4.69, 9.17) is 0 Å². The van der Waals surface area contributed by atoms with Gasteiger partial charge in [-0.25, -0.2) is 4.90 Å². The third-order valence-electron chi connectivity index (χ3n) is 6.37. The first-order valence-electron chi connectivity index (χ1n) is 11.2. The first-order chi connectivity index (χ1) is 15.6. The average Bonchev–Trinajstić information content (AvgIpc) is 2.84. The lowest BCUT2D eigenvalue weighted by molar-refractivity contribution is -0.112. The summed E-state index contributed by atoms with van der Waals surface area (Å²) in [6, 6.07) is 23.2. The molecule has 1 saturated heterocycles. The Balaban J connectivity index is 1.55. The van der Waals surface area contributed by atoms with Crippen LogP contribution in [0, 0.1) is 6.92 Å². The van der Waals surface area contributed by atoms with Crippen molar-refractivity contribution in [1.29, 1.82) is 0 Å². The third kappa shape index (κ3) is 3.62. The molecular formula is C28H26N2O2. The van der Waals surface area contributed by atoms with Crippen molar-refractivity contribution in [2.24, 2.45) is 0 Å². The summed E-state index contributed by atoms with van der Waals surface area (Å²) in [5, 5.41) is 0. The fraction of sp³-hybridized carbons (Fsp3) is 0.214. The zero-order valence-electron chi connectivity index (χ0n) is 18.3. The van der Waals surface area contributed by atoms with Gasteiger partial charge in [0.2, 0.25) is 0 Å². The molecule has 32 heavy (non-hydrogen) atoms. The predicted molar refractivity (Wildman–Crippen MR) is 130 cm³/mol. The molecule has 3 aromatic carbocycles. The molecule has 0 spiro atoms. The standard InChI is InChI=1S/C28H26N2O2/c1-20-9-3-6-12-26(20)30-27(31)24-11-5-4-10-23(24)25(28(30)32)19-21-13-15-22(16-14-21)29-17-7-2-8-18-29/h3-6,9-16,19H,2,7-8,17-18H2,1H3/b25-19-. The summed E-state index contributed by atoms with van der Waals surface area (Å²) in [6.45, 7) is 4.11. The van der Waals surface area contributed by atoms with Gasteiger partial charge in [0.05, 0.1) is 5.69 Å². The molecule has 0 saturated carbocycles. The highest BCUT2D eigenvalue weighted by atomic mass is 16.2. The van der Waals surface area contributed by atoms with Gasteiger partial charge >= 0.3 is 0 Å². The highest BCUT2D eigenvalue weighted by molar-refractivity contribution is 6.43. The van der Waals surface area contributed by atoms with E-state index in [2.05, 4.69) is 29.2 Å². The SMILES string of the molecule is Cc1ccccc1N1C(=O)/C(=C\c2ccc(N3CCCCC3)cc2)c2ccccc2C1=O. The maximum Gasteiger partial charge on any atom is 0.265 e. The van der Waals surface area contributed by atoms with Crippen molar-refractivity contribution in [2.75, 3.05) is 22.9 Å². The smallest absolute Gasteiger partial charge is 0.265 e. The zero-order valence-corrected chi connectivity index (χ0v) is 18.3. The second-order valence-corrected chi connectivity index (χ2v) is 8.48. The highest BCUT2D eigenvalue weighted by Gasteiger charge is 2.36. The van der Waals surface area contributed by atoms with Crippen molar-refractivity contribution in [1.82, 2.24) is 0 Å². The van der Waals surface area contributed by atoms with Crippen molar-refractivity contribution in [3.8, 4) is 0 Å². The second-order valence-electron chi connectivity index (χ2n) is 8.48. The van der Waals surface area contributed by atoms with Gasteiger partial charge in [-0.15, -0.1) is 0 Å². The number of fused-ring (bicyclic) bond motifs is 1. The molecule has 0 unspecified atom stereocenters. The summed E-state index contributed by atoms with van der Waals surface area (Å²) in [4.78, 5) is 30.6. The first kappa shape index (κ1) is 20.3. The van der Waals surface area contributed by atoms with Crippen LogP contribution < -0.4 is 9.80 Å². The third-order valence-corrected chi connectivity index (χ3v) is 6.37. The largest absolute Gasteiger partial charge is 0.372 e. The van der Waals surface area contributed by atoms with Gasteiger partial charge in [-0.1, -0.05) is 48.5 Å². The van der Waals surface area contributed by atoms with Gasteiger partial charge in [-0.2, -0.15) is 0 Å². The average molecular weight is 423 g/mol. The molecule has 3 aromatic rings. The summed E-state index contributed by atoms with van der Waals surface area (Å²) in [5.74, 6) is -0.569. The number of amides is 2. The minimum absolute atomic E-state index is 0.280. The summed E-state index contributed by atoms with van der Waals surface area (Å²) >= 11 is 0. The number of rotatable bonds is 3. The van der Waals surface area contributed by atoms with E-state index in [9.17, 15) is 9.59 Å². The molecule has 1 fully saturated rings. The Kier molecular flexibility index (Phi) is 5.36. The Morgan fingerprint density at radius 2 is 1.38 bits per heavy atom. The number of nitrogens with zero attached hydrogens (tertiary/aromatic N) is 2. The van der Waals surface area contributed by atoms with Crippen molar-refractivity contribution >= 4 is 34.8 Å². The van der Waals surface area contributed by atoms with Crippen molar-refractivity contribution in [3.63, 3.8) is 0 Å². The van der Waals surface area contributed by atoms with Crippen LogP contribution >= 0.6 is 0 Å². The molecule has 4 heteroatoms. The molecule has 4 nitrogen and oxygen atoms in total. The number of carbonyl (C=O) groups is 2. The quantitative estimate of drug-likeness (QED) is 0.401. The lowest BCUT2D eigenvalue weighted by atomic mass is 9.91. The van der Waals surface area contributed by atoms with Crippen LogP contribution in [0.3, 0.4) is 0 Å². The first-order valence-corrected chi connectivity index (χ1v) is 11.2. The van der Waals surface area contributed by atoms with Gasteiger partial charge in [-0.05, 0) is 73.2 Å². The van der Waals surface area contributed by atoms with Gasteiger partial charge < -0.3 is 4.90 Å². The monoisotopic (exact) mass is 422 g/mol. The molecule has 0 atom stereocenters. The number of anilines is 2. The molecule has 5 rings (SSSR count). The van der Waals surface area contributed by atoms with E-state index in [0.717, 1.165) is 24.2 Å². The Bertz CT molecular complexity index is 1200. The minimum atomic E-state index is -0.289. The zero-order chi connectivity index (χ0) is 22.1. The predicted octanol–water partition coefficient (Wildman–Crippen LogP) is 5.71. The van der Waals surface area contributed by atoms with Crippen LogP contribution in [-0.2, 0) is 4.79 Å².